The Kier molecular flexibility index (Phi) is 5.05. The zero-order chi connectivity index (χ0) is 14.5. The van der Waals surface area contributed by atoms with Gasteiger partial charge in [-0.05, 0) is 19.8 Å². The maximum absolute atomic E-state index is 12.2. The molecule has 1 aliphatic heterocycles. The van der Waals surface area contributed by atoms with E-state index in [9.17, 15) is 9.59 Å². The Morgan fingerprint density at radius 3 is 3.05 bits per heavy atom. The van der Waals surface area contributed by atoms with Crippen molar-refractivity contribution in [1.82, 2.24) is 14.5 Å². The molecule has 1 unspecified atom stereocenters. The molecule has 0 radical (unpaired) electrons. The van der Waals surface area contributed by atoms with E-state index in [1.54, 1.807) is 11.1 Å². The number of primary amides is 1. The standard InChI is InChI=1S/C13H20N4O2S/c1-2-16-7-5-15-13(16)20-9-11(18)17-6-3-4-10(8-17)12(14)19/h5,7,10H,2-4,6,8-9H2,1H3,(H2,14,19). The van der Waals surface area contributed by atoms with Crippen molar-refractivity contribution >= 4 is 23.6 Å². The Hall–Kier alpha value is -1.50. The maximum atomic E-state index is 12.2. The molecule has 2 rings (SSSR count). The summed E-state index contributed by atoms with van der Waals surface area (Å²) in [5, 5.41) is 0.851. The Morgan fingerprint density at radius 2 is 2.35 bits per heavy atom. The first-order chi connectivity index (χ1) is 9.61. The van der Waals surface area contributed by atoms with Gasteiger partial charge in [-0.1, -0.05) is 11.8 Å². The second-order valence-corrected chi connectivity index (χ2v) is 5.81. The van der Waals surface area contributed by atoms with Crippen LogP contribution in [0.3, 0.4) is 0 Å². The van der Waals surface area contributed by atoms with Gasteiger partial charge >= 0.3 is 0 Å². The number of hydrogen-bond donors (Lipinski definition) is 1. The summed E-state index contributed by atoms with van der Waals surface area (Å²) in [5.74, 6) is -0.110. The average Bonchev–Trinajstić information content (AvgIpc) is 2.92. The number of carbonyl (C=O) groups is 2. The molecule has 1 saturated heterocycles. The van der Waals surface area contributed by atoms with E-state index in [2.05, 4.69) is 4.98 Å². The van der Waals surface area contributed by atoms with Crippen LogP contribution >= 0.6 is 11.8 Å². The third-order valence-electron chi connectivity index (χ3n) is 3.52. The number of aryl methyl sites for hydroxylation is 1. The van der Waals surface area contributed by atoms with E-state index in [1.807, 2.05) is 17.7 Å². The van der Waals surface area contributed by atoms with Crippen molar-refractivity contribution in [3.63, 3.8) is 0 Å². The minimum Gasteiger partial charge on any atom is -0.369 e. The van der Waals surface area contributed by atoms with Crippen LogP contribution in [0.4, 0.5) is 0 Å². The van der Waals surface area contributed by atoms with E-state index in [1.165, 1.54) is 11.8 Å². The van der Waals surface area contributed by atoms with Crippen LogP contribution in [0.2, 0.25) is 0 Å². The minimum atomic E-state index is -0.309. The van der Waals surface area contributed by atoms with Crippen molar-refractivity contribution in [1.29, 1.82) is 0 Å². The van der Waals surface area contributed by atoms with Gasteiger partial charge in [0.25, 0.3) is 0 Å². The monoisotopic (exact) mass is 296 g/mol. The maximum Gasteiger partial charge on any atom is 0.233 e. The van der Waals surface area contributed by atoms with Gasteiger partial charge in [-0.2, -0.15) is 0 Å². The van der Waals surface area contributed by atoms with Gasteiger partial charge < -0.3 is 15.2 Å². The van der Waals surface area contributed by atoms with Gasteiger partial charge in [0.15, 0.2) is 5.16 Å². The number of carbonyl (C=O) groups excluding carboxylic acids is 2. The van der Waals surface area contributed by atoms with Crippen molar-refractivity contribution < 1.29 is 9.59 Å². The van der Waals surface area contributed by atoms with Crippen LogP contribution < -0.4 is 5.73 Å². The number of imidazole rings is 1. The molecule has 1 atom stereocenters. The lowest BCUT2D eigenvalue weighted by atomic mass is 9.97. The molecular formula is C13H20N4O2S. The molecule has 20 heavy (non-hydrogen) atoms. The number of rotatable bonds is 5. The molecule has 1 aromatic heterocycles. The van der Waals surface area contributed by atoms with Crippen molar-refractivity contribution in [2.75, 3.05) is 18.8 Å². The number of nitrogens with zero attached hydrogens (tertiary/aromatic N) is 3. The molecule has 0 saturated carbocycles. The molecule has 2 N–H and O–H groups in total. The molecule has 1 aliphatic rings. The Morgan fingerprint density at radius 1 is 1.55 bits per heavy atom. The van der Waals surface area contributed by atoms with Crippen LogP contribution in [0, 0.1) is 5.92 Å². The third kappa shape index (κ3) is 3.53. The number of amides is 2. The molecular weight excluding hydrogens is 276 g/mol. The van der Waals surface area contributed by atoms with Crippen molar-refractivity contribution in [3.8, 4) is 0 Å². The lowest BCUT2D eigenvalue weighted by molar-refractivity contribution is -0.132. The summed E-state index contributed by atoms with van der Waals surface area (Å²) in [6, 6.07) is 0. The molecule has 1 aromatic rings. The fraction of sp³-hybridized carbons (Fsp3) is 0.615. The van der Waals surface area contributed by atoms with Crippen molar-refractivity contribution in [2.45, 2.75) is 31.5 Å². The lowest BCUT2D eigenvalue weighted by Gasteiger charge is -2.31. The minimum absolute atomic E-state index is 0.0478. The van der Waals surface area contributed by atoms with Crippen LogP contribution in [0.1, 0.15) is 19.8 Å². The average molecular weight is 296 g/mol. The van der Waals surface area contributed by atoms with Gasteiger partial charge in [0.05, 0.1) is 11.7 Å². The fourth-order valence-electron chi connectivity index (χ4n) is 2.33. The summed E-state index contributed by atoms with van der Waals surface area (Å²) in [6.07, 6.45) is 5.26. The van der Waals surface area contributed by atoms with E-state index in [0.29, 0.717) is 18.8 Å². The zero-order valence-corrected chi connectivity index (χ0v) is 12.4. The number of hydrogen-bond acceptors (Lipinski definition) is 4. The van der Waals surface area contributed by atoms with E-state index >= 15 is 0 Å². The Balaban J connectivity index is 1.87. The molecule has 7 heteroatoms. The topological polar surface area (TPSA) is 81.2 Å². The first kappa shape index (κ1) is 14.9. The summed E-state index contributed by atoms with van der Waals surface area (Å²) in [6.45, 7) is 4.04. The van der Waals surface area contributed by atoms with Crippen LogP contribution in [0.5, 0.6) is 0 Å². The van der Waals surface area contributed by atoms with Crippen LogP contribution in [-0.4, -0.2) is 45.1 Å². The largest absolute Gasteiger partial charge is 0.369 e. The van der Waals surface area contributed by atoms with E-state index in [0.717, 1.165) is 24.5 Å². The molecule has 1 fully saturated rings. The Bertz CT molecular complexity index is 488. The fourth-order valence-corrected chi connectivity index (χ4v) is 3.26. The van der Waals surface area contributed by atoms with Crippen molar-refractivity contribution in [3.05, 3.63) is 12.4 Å². The molecule has 0 spiro atoms. The SMILES string of the molecule is CCn1ccnc1SCC(=O)N1CCCC(C(N)=O)C1. The first-order valence-corrected chi connectivity index (χ1v) is 7.81. The Labute approximate surface area is 122 Å². The number of nitrogens with two attached hydrogens (primary N) is 1. The summed E-state index contributed by atoms with van der Waals surface area (Å²) in [4.78, 5) is 29.4. The summed E-state index contributed by atoms with van der Waals surface area (Å²) in [5.41, 5.74) is 5.32. The van der Waals surface area contributed by atoms with Gasteiger partial charge in [-0.3, -0.25) is 9.59 Å². The second kappa shape index (κ2) is 6.78. The third-order valence-corrected chi connectivity index (χ3v) is 4.51. The molecule has 2 amide bonds. The highest BCUT2D eigenvalue weighted by atomic mass is 32.2. The highest BCUT2D eigenvalue weighted by molar-refractivity contribution is 7.99. The summed E-state index contributed by atoms with van der Waals surface area (Å²) in [7, 11) is 0. The smallest absolute Gasteiger partial charge is 0.233 e. The number of piperidine rings is 1. The van der Waals surface area contributed by atoms with Crippen LogP contribution in [0.15, 0.2) is 17.6 Å². The molecule has 2 heterocycles. The highest BCUT2D eigenvalue weighted by Gasteiger charge is 2.26. The molecule has 0 aromatic carbocycles. The predicted octanol–water partition coefficient (Wildman–Crippen LogP) is 0.719. The lowest BCUT2D eigenvalue weighted by Crippen LogP contribution is -2.44. The first-order valence-electron chi connectivity index (χ1n) is 6.82. The summed E-state index contributed by atoms with van der Waals surface area (Å²) >= 11 is 1.43. The van der Waals surface area contributed by atoms with E-state index in [4.69, 9.17) is 5.73 Å². The molecule has 0 bridgehead atoms. The van der Waals surface area contributed by atoms with Gasteiger partial charge in [-0.25, -0.2) is 4.98 Å². The normalized spacial score (nSPS) is 19.1. The number of aromatic nitrogens is 2. The van der Waals surface area contributed by atoms with E-state index in [-0.39, 0.29) is 17.7 Å². The van der Waals surface area contributed by atoms with Gasteiger partial charge in [0, 0.05) is 32.0 Å². The van der Waals surface area contributed by atoms with Gasteiger partial charge in [-0.15, -0.1) is 0 Å². The van der Waals surface area contributed by atoms with Crippen molar-refractivity contribution in [2.24, 2.45) is 11.7 Å². The molecule has 110 valence electrons. The van der Waals surface area contributed by atoms with Gasteiger partial charge in [0.1, 0.15) is 0 Å². The summed E-state index contributed by atoms with van der Waals surface area (Å²) < 4.78 is 2.00. The number of likely N-dealkylation sites (tertiary alicyclic amines) is 1. The highest BCUT2D eigenvalue weighted by Crippen LogP contribution is 2.20. The second-order valence-electron chi connectivity index (χ2n) is 4.87. The zero-order valence-electron chi connectivity index (χ0n) is 11.6. The van der Waals surface area contributed by atoms with Crippen LogP contribution in [-0.2, 0) is 16.1 Å². The quantitative estimate of drug-likeness (QED) is 0.812. The van der Waals surface area contributed by atoms with E-state index < -0.39 is 0 Å². The van der Waals surface area contributed by atoms with Crippen LogP contribution in [0.25, 0.3) is 0 Å². The molecule has 0 aliphatic carbocycles. The van der Waals surface area contributed by atoms with Gasteiger partial charge in [0.2, 0.25) is 11.8 Å². The molecule has 6 nitrogen and oxygen atoms in total. The predicted molar refractivity (Wildman–Crippen MR) is 77.1 cm³/mol. The number of thioether (sulfide) groups is 1.